The number of hydrogen-bond donors (Lipinski definition) is 1. The molecule has 1 N–H and O–H groups in total. The number of amides is 1. The Kier molecular flexibility index (Phi) is 4.75. The molecule has 150 valence electrons. The number of rotatable bonds is 5. The van der Waals surface area contributed by atoms with Crippen molar-refractivity contribution in [1.82, 2.24) is 19.5 Å². The molecule has 1 aliphatic heterocycles. The zero-order valence-corrected chi connectivity index (χ0v) is 16.2. The van der Waals surface area contributed by atoms with Gasteiger partial charge in [0.1, 0.15) is 6.17 Å². The van der Waals surface area contributed by atoms with E-state index in [1.54, 1.807) is 4.52 Å². The van der Waals surface area contributed by atoms with Crippen LogP contribution in [0, 0.1) is 5.92 Å². The fraction of sp³-hybridized carbons (Fsp3) is 0.409. The molecule has 0 atom stereocenters. The highest BCUT2D eigenvalue weighted by molar-refractivity contribution is 5.92. The average molecular weight is 393 g/mol. The van der Waals surface area contributed by atoms with Crippen molar-refractivity contribution in [3.63, 3.8) is 0 Å². The summed E-state index contributed by atoms with van der Waals surface area (Å²) >= 11 is 0. The molecule has 1 amide bonds. The molecule has 1 saturated carbocycles. The number of halogens is 1. The number of aromatic nitrogens is 3. The predicted molar refractivity (Wildman–Crippen MR) is 109 cm³/mol. The number of carbonyl (C=O) groups is 1. The van der Waals surface area contributed by atoms with Crippen LogP contribution in [-0.4, -0.2) is 44.7 Å². The van der Waals surface area contributed by atoms with Crippen LogP contribution in [0.15, 0.2) is 42.5 Å². The Morgan fingerprint density at radius 1 is 1.07 bits per heavy atom. The van der Waals surface area contributed by atoms with Crippen molar-refractivity contribution < 1.29 is 9.18 Å². The molecule has 1 aliphatic carbocycles. The quantitative estimate of drug-likeness (QED) is 0.718. The van der Waals surface area contributed by atoms with Gasteiger partial charge < -0.3 is 0 Å². The van der Waals surface area contributed by atoms with E-state index >= 15 is 0 Å². The SMILES string of the molecule is O=C(Nc1nc2cccc(-c3ccc(CN4CCC(F)CC4)cc3)n2n1)C1CC1. The molecule has 5 rings (SSSR count). The normalized spacial score (nSPS) is 18.2. The summed E-state index contributed by atoms with van der Waals surface area (Å²) in [5, 5.41) is 7.31. The van der Waals surface area contributed by atoms with Gasteiger partial charge in [0.2, 0.25) is 11.9 Å². The predicted octanol–water partition coefficient (Wildman–Crippen LogP) is 3.68. The minimum atomic E-state index is -0.643. The van der Waals surface area contributed by atoms with E-state index in [1.807, 2.05) is 18.2 Å². The molecular weight excluding hydrogens is 369 g/mol. The highest BCUT2D eigenvalue weighted by Gasteiger charge is 2.30. The molecule has 7 heteroatoms. The Morgan fingerprint density at radius 3 is 2.55 bits per heavy atom. The summed E-state index contributed by atoms with van der Waals surface area (Å²) in [5.41, 5.74) is 3.87. The second-order valence-corrected chi connectivity index (χ2v) is 8.03. The number of hydrogen-bond acceptors (Lipinski definition) is 4. The van der Waals surface area contributed by atoms with Crippen molar-refractivity contribution in [2.75, 3.05) is 18.4 Å². The number of nitrogens with zero attached hydrogens (tertiary/aromatic N) is 4. The number of pyridine rings is 1. The fourth-order valence-corrected chi connectivity index (χ4v) is 3.83. The molecule has 0 radical (unpaired) electrons. The second kappa shape index (κ2) is 7.55. The molecule has 29 heavy (non-hydrogen) atoms. The Morgan fingerprint density at radius 2 is 1.83 bits per heavy atom. The lowest BCUT2D eigenvalue weighted by Crippen LogP contribution is -2.33. The number of piperidine rings is 1. The molecule has 6 nitrogen and oxygen atoms in total. The van der Waals surface area contributed by atoms with Gasteiger partial charge in [0.15, 0.2) is 5.65 Å². The number of fused-ring (bicyclic) bond motifs is 1. The van der Waals surface area contributed by atoms with Crippen molar-refractivity contribution in [3.8, 4) is 11.3 Å². The number of carbonyl (C=O) groups excluding carboxylic acids is 1. The first kappa shape index (κ1) is 18.2. The summed E-state index contributed by atoms with van der Waals surface area (Å²) < 4.78 is 15.1. The van der Waals surface area contributed by atoms with Crippen molar-refractivity contribution in [3.05, 3.63) is 48.0 Å². The van der Waals surface area contributed by atoms with Crippen LogP contribution in [0.1, 0.15) is 31.2 Å². The molecule has 2 aromatic heterocycles. The van der Waals surface area contributed by atoms with Gasteiger partial charge in [-0.3, -0.25) is 15.0 Å². The minimum absolute atomic E-state index is 0.00334. The van der Waals surface area contributed by atoms with Gasteiger partial charge in [-0.25, -0.2) is 8.91 Å². The van der Waals surface area contributed by atoms with Crippen LogP contribution in [0.5, 0.6) is 0 Å². The highest BCUT2D eigenvalue weighted by atomic mass is 19.1. The van der Waals surface area contributed by atoms with E-state index < -0.39 is 6.17 Å². The van der Waals surface area contributed by atoms with Crippen LogP contribution in [0.2, 0.25) is 0 Å². The van der Waals surface area contributed by atoms with Gasteiger partial charge in [-0.1, -0.05) is 30.3 Å². The Hall–Kier alpha value is -2.80. The van der Waals surface area contributed by atoms with Crippen molar-refractivity contribution >= 4 is 17.5 Å². The summed E-state index contributed by atoms with van der Waals surface area (Å²) in [5.74, 6) is 0.468. The van der Waals surface area contributed by atoms with Crippen molar-refractivity contribution in [2.24, 2.45) is 5.92 Å². The molecule has 2 aliphatic rings. The molecule has 1 saturated heterocycles. The number of nitrogens with one attached hydrogen (secondary N) is 1. The molecule has 2 fully saturated rings. The van der Waals surface area contributed by atoms with Gasteiger partial charge in [-0.15, -0.1) is 5.10 Å². The molecule has 0 spiro atoms. The first-order chi connectivity index (χ1) is 14.2. The lowest BCUT2D eigenvalue weighted by atomic mass is 10.1. The molecule has 3 heterocycles. The Bertz CT molecular complexity index is 1020. The zero-order chi connectivity index (χ0) is 19.8. The van der Waals surface area contributed by atoms with Gasteiger partial charge in [-0.2, -0.15) is 4.98 Å². The third-order valence-electron chi connectivity index (χ3n) is 5.72. The van der Waals surface area contributed by atoms with Gasteiger partial charge in [0, 0.05) is 31.1 Å². The number of likely N-dealkylation sites (tertiary alicyclic amines) is 1. The summed E-state index contributed by atoms with van der Waals surface area (Å²) in [6.07, 6.45) is 2.51. The third kappa shape index (κ3) is 4.00. The monoisotopic (exact) mass is 393 g/mol. The highest BCUT2D eigenvalue weighted by Crippen LogP contribution is 2.30. The minimum Gasteiger partial charge on any atom is -0.299 e. The smallest absolute Gasteiger partial charge is 0.249 e. The first-order valence-corrected chi connectivity index (χ1v) is 10.3. The van der Waals surface area contributed by atoms with Gasteiger partial charge in [0.05, 0.1) is 5.69 Å². The number of alkyl halides is 1. The summed E-state index contributed by atoms with van der Waals surface area (Å²) in [4.78, 5) is 18.7. The standard InChI is InChI=1S/C22H24FN5O/c23-18-10-12-27(13-11-18)14-15-4-6-16(7-5-15)19-2-1-3-20-24-22(26-28(19)20)25-21(29)17-8-9-17/h1-7,17-18H,8-14H2,(H,25,26,29). The van der Waals surface area contributed by atoms with Gasteiger partial charge >= 0.3 is 0 Å². The number of anilines is 1. The van der Waals surface area contributed by atoms with E-state index in [-0.39, 0.29) is 11.8 Å². The Balaban J connectivity index is 1.34. The fourth-order valence-electron chi connectivity index (χ4n) is 3.83. The third-order valence-corrected chi connectivity index (χ3v) is 5.72. The van der Waals surface area contributed by atoms with Crippen LogP contribution in [-0.2, 0) is 11.3 Å². The van der Waals surface area contributed by atoms with Gasteiger partial charge in [-0.05, 0) is 43.4 Å². The Labute approximate surface area is 168 Å². The van der Waals surface area contributed by atoms with Gasteiger partial charge in [0.25, 0.3) is 0 Å². The first-order valence-electron chi connectivity index (χ1n) is 10.3. The van der Waals surface area contributed by atoms with Crippen LogP contribution >= 0.6 is 0 Å². The molecule has 0 unspecified atom stereocenters. The lowest BCUT2D eigenvalue weighted by molar-refractivity contribution is -0.117. The topological polar surface area (TPSA) is 62.5 Å². The maximum atomic E-state index is 13.3. The van der Waals surface area contributed by atoms with E-state index in [0.717, 1.165) is 43.7 Å². The van der Waals surface area contributed by atoms with Crippen LogP contribution in [0.25, 0.3) is 16.9 Å². The number of benzene rings is 1. The molecule has 1 aromatic carbocycles. The molecule has 0 bridgehead atoms. The lowest BCUT2D eigenvalue weighted by Gasteiger charge is -2.28. The largest absolute Gasteiger partial charge is 0.299 e. The summed E-state index contributed by atoms with van der Waals surface area (Å²) in [7, 11) is 0. The maximum Gasteiger partial charge on any atom is 0.249 e. The average Bonchev–Trinajstić information content (AvgIpc) is 3.50. The van der Waals surface area contributed by atoms with E-state index in [1.165, 1.54) is 5.56 Å². The van der Waals surface area contributed by atoms with E-state index in [0.29, 0.717) is 24.4 Å². The van der Waals surface area contributed by atoms with E-state index in [4.69, 9.17) is 0 Å². The maximum absolute atomic E-state index is 13.3. The van der Waals surface area contributed by atoms with E-state index in [2.05, 4.69) is 44.6 Å². The van der Waals surface area contributed by atoms with Crippen LogP contribution in [0.3, 0.4) is 0 Å². The second-order valence-electron chi connectivity index (χ2n) is 8.03. The van der Waals surface area contributed by atoms with E-state index in [9.17, 15) is 9.18 Å². The van der Waals surface area contributed by atoms with Crippen molar-refractivity contribution in [2.45, 2.75) is 38.4 Å². The van der Waals surface area contributed by atoms with Crippen molar-refractivity contribution in [1.29, 1.82) is 0 Å². The van der Waals surface area contributed by atoms with Crippen LogP contribution < -0.4 is 5.32 Å². The summed E-state index contributed by atoms with van der Waals surface area (Å²) in [6.45, 7) is 2.48. The van der Waals surface area contributed by atoms with Crippen LogP contribution in [0.4, 0.5) is 10.3 Å². The summed E-state index contributed by atoms with van der Waals surface area (Å²) in [6, 6.07) is 14.2. The molecular formula is C22H24FN5O. The zero-order valence-electron chi connectivity index (χ0n) is 16.2. The molecule has 3 aromatic rings.